The normalized spacial score (nSPS) is 12.7. The van der Waals surface area contributed by atoms with Gasteiger partial charge in [-0.25, -0.2) is 0 Å². The summed E-state index contributed by atoms with van der Waals surface area (Å²) in [4.78, 5) is 10.8. The molecule has 18 heavy (non-hydrogen) atoms. The van der Waals surface area contributed by atoms with Crippen LogP contribution in [-0.4, -0.2) is 10.7 Å². The number of anilines is 1. The van der Waals surface area contributed by atoms with Crippen molar-refractivity contribution in [3.05, 3.63) is 29.3 Å². The van der Waals surface area contributed by atoms with Gasteiger partial charge in [-0.1, -0.05) is 15.9 Å². The number of hydrogen-bond donors (Lipinski definition) is 1. The Morgan fingerprint density at radius 3 is 2.56 bits per heavy atom. The second kappa shape index (κ2) is 5.40. The van der Waals surface area contributed by atoms with E-state index < -0.39 is 28.0 Å². The Balaban J connectivity index is 3.13. The highest BCUT2D eigenvalue weighted by Gasteiger charge is 2.34. The molecule has 0 fully saturated rings. The standard InChI is InChI=1S/C11H8BrF3N2O/c1-6(12)10(18)17-8-3-2-7(5-16)9(4-8)11(13,14)15/h2-4,6H,1H3,(H,17,18). The lowest BCUT2D eigenvalue weighted by atomic mass is 10.1. The summed E-state index contributed by atoms with van der Waals surface area (Å²) in [5.41, 5.74) is -1.55. The maximum Gasteiger partial charge on any atom is 0.417 e. The third kappa shape index (κ3) is 3.47. The van der Waals surface area contributed by atoms with E-state index in [4.69, 9.17) is 5.26 Å². The molecule has 1 rings (SSSR count). The molecule has 0 spiro atoms. The van der Waals surface area contributed by atoms with Gasteiger partial charge in [-0.15, -0.1) is 0 Å². The van der Waals surface area contributed by atoms with Crippen molar-refractivity contribution in [1.82, 2.24) is 0 Å². The lowest BCUT2D eigenvalue weighted by Crippen LogP contribution is -2.20. The zero-order valence-electron chi connectivity index (χ0n) is 9.18. The lowest BCUT2D eigenvalue weighted by molar-refractivity contribution is -0.137. The summed E-state index contributed by atoms with van der Waals surface area (Å²) in [5.74, 6) is -0.465. The summed E-state index contributed by atoms with van der Waals surface area (Å²) < 4.78 is 37.9. The van der Waals surface area contributed by atoms with Crippen LogP contribution in [0.2, 0.25) is 0 Å². The van der Waals surface area contributed by atoms with Crippen LogP contribution in [0.5, 0.6) is 0 Å². The maximum atomic E-state index is 12.6. The molecule has 7 heteroatoms. The fourth-order valence-electron chi connectivity index (χ4n) is 1.20. The minimum atomic E-state index is -4.63. The number of carbonyl (C=O) groups is 1. The average Bonchev–Trinajstić information content (AvgIpc) is 2.27. The molecule has 1 N–H and O–H groups in total. The average molecular weight is 321 g/mol. The van der Waals surface area contributed by atoms with Gasteiger partial charge in [0.15, 0.2) is 0 Å². The number of nitrogens with one attached hydrogen (secondary N) is 1. The lowest BCUT2D eigenvalue weighted by Gasteiger charge is -2.12. The van der Waals surface area contributed by atoms with E-state index in [2.05, 4.69) is 21.2 Å². The van der Waals surface area contributed by atoms with Crippen LogP contribution in [0.1, 0.15) is 18.1 Å². The Kier molecular flexibility index (Phi) is 4.35. The van der Waals surface area contributed by atoms with Gasteiger partial charge in [0.1, 0.15) is 0 Å². The molecule has 1 aromatic rings. The molecule has 1 amide bonds. The van der Waals surface area contributed by atoms with Crippen molar-refractivity contribution in [1.29, 1.82) is 5.26 Å². The van der Waals surface area contributed by atoms with Gasteiger partial charge >= 0.3 is 6.18 Å². The predicted octanol–water partition coefficient (Wildman–Crippen LogP) is 3.30. The topological polar surface area (TPSA) is 52.9 Å². The first-order chi connectivity index (χ1) is 8.25. The van der Waals surface area contributed by atoms with Crippen LogP contribution in [0.3, 0.4) is 0 Å². The molecule has 3 nitrogen and oxygen atoms in total. The fourth-order valence-corrected chi connectivity index (χ4v) is 1.31. The maximum absolute atomic E-state index is 12.6. The largest absolute Gasteiger partial charge is 0.417 e. The zero-order chi connectivity index (χ0) is 13.9. The molecule has 0 aliphatic rings. The van der Waals surface area contributed by atoms with E-state index in [1.54, 1.807) is 6.92 Å². The van der Waals surface area contributed by atoms with Crippen LogP contribution < -0.4 is 5.32 Å². The number of carbonyl (C=O) groups excluding carboxylic acids is 1. The molecule has 0 radical (unpaired) electrons. The number of amides is 1. The molecule has 0 heterocycles. The van der Waals surface area contributed by atoms with Crippen LogP contribution in [0, 0.1) is 11.3 Å². The van der Waals surface area contributed by atoms with E-state index >= 15 is 0 Å². The van der Waals surface area contributed by atoms with Crippen LogP contribution in [-0.2, 0) is 11.0 Å². The van der Waals surface area contributed by atoms with Crippen molar-refractivity contribution in [3.63, 3.8) is 0 Å². The van der Waals surface area contributed by atoms with Crippen molar-refractivity contribution < 1.29 is 18.0 Å². The van der Waals surface area contributed by atoms with Crippen molar-refractivity contribution >= 4 is 27.5 Å². The second-order valence-corrected chi connectivity index (χ2v) is 4.85. The Morgan fingerprint density at radius 2 is 2.11 bits per heavy atom. The Morgan fingerprint density at radius 1 is 1.50 bits per heavy atom. The molecular formula is C11H8BrF3N2O. The van der Waals surface area contributed by atoms with Gasteiger partial charge in [-0.3, -0.25) is 4.79 Å². The molecule has 1 atom stereocenters. The molecule has 0 aliphatic carbocycles. The highest BCUT2D eigenvalue weighted by molar-refractivity contribution is 9.10. The Hall–Kier alpha value is -1.55. The fraction of sp³-hybridized carbons (Fsp3) is 0.273. The molecular weight excluding hydrogens is 313 g/mol. The SMILES string of the molecule is CC(Br)C(=O)Nc1ccc(C#N)c(C(F)(F)F)c1. The van der Waals surface area contributed by atoms with Gasteiger partial charge in [-0.05, 0) is 25.1 Å². The highest BCUT2D eigenvalue weighted by Crippen LogP contribution is 2.33. The molecule has 0 bridgehead atoms. The second-order valence-electron chi connectivity index (χ2n) is 3.48. The van der Waals surface area contributed by atoms with Crippen LogP contribution in [0.25, 0.3) is 0 Å². The number of alkyl halides is 4. The number of hydrogen-bond acceptors (Lipinski definition) is 2. The van der Waals surface area contributed by atoms with E-state index in [1.807, 2.05) is 0 Å². The van der Waals surface area contributed by atoms with Crippen molar-refractivity contribution in [2.45, 2.75) is 17.9 Å². The Labute approximate surface area is 110 Å². The quantitative estimate of drug-likeness (QED) is 0.850. The minimum Gasteiger partial charge on any atom is -0.325 e. The molecule has 96 valence electrons. The molecule has 0 aromatic heterocycles. The summed E-state index contributed by atoms with van der Waals surface area (Å²) in [6.07, 6.45) is -4.63. The zero-order valence-corrected chi connectivity index (χ0v) is 10.8. The van der Waals surface area contributed by atoms with Gasteiger partial charge in [0.2, 0.25) is 5.91 Å². The monoisotopic (exact) mass is 320 g/mol. The number of benzene rings is 1. The van der Waals surface area contributed by atoms with Crippen molar-refractivity contribution in [3.8, 4) is 6.07 Å². The highest BCUT2D eigenvalue weighted by atomic mass is 79.9. The van der Waals surface area contributed by atoms with E-state index in [9.17, 15) is 18.0 Å². The smallest absolute Gasteiger partial charge is 0.325 e. The van der Waals surface area contributed by atoms with Crippen LogP contribution >= 0.6 is 15.9 Å². The number of nitriles is 1. The summed E-state index contributed by atoms with van der Waals surface area (Å²) >= 11 is 3.00. The molecule has 1 unspecified atom stereocenters. The number of rotatable bonds is 2. The van der Waals surface area contributed by atoms with Crippen molar-refractivity contribution in [2.24, 2.45) is 0 Å². The van der Waals surface area contributed by atoms with E-state index in [0.29, 0.717) is 0 Å². The molecule has 0 aliphatic heterocycles. The summed E-state index contributed by atoms with van der Waals surface area (Å²) in [6.45, 7) is 1.55. The number of halogens is 4. The van der Waals surface area contributed by atoms with Crippen LogP contribution in [0.4, 0.5) is 18.9 Å². The Bertz CT molecular complexity index is 506. The first-order valence-corrected chi connectivity index (χ1v) is 5.73. The van der Waals surface area contributed by atoms with E-state index in [0.717, 1.165) is 12.1 Å². The van der Waals surface area contributed by atoms with Gasteiger partial charge < -0.3 is 5.32 Å². The molecule has 0 saturated carbocycles. The summed E-state index contributed by atoms with van der Waals surface area (Å²) in [5, 5.41) is 10.9. The van der Waals surface area contributed by atoms with E-state index in [1.165, 1.54) is 12.1 Å². The third-order valence-electron chi connectivity index (χ3n) is 2.07. The van der Waals surface area contributed by atoms with Gasteiger partial charge in [0, 0.05) is 5.69 Å². The predicted molar refractivity (Wildman–Crippen MR) is 63.2 cm³/mol. The summed E-state index contributed by atoms with van der Waals surface area (Å²) in [7, 11) is 0. The van der Waals surface area contributed by atoms with Gasteiger partial charge in [-0.2, -0.15) is 18.4 Å². The molecule has 0 saturated heterocycles. The number of nitrogens with zero attached hydrogens (tertiary/aromatic N) is 1. The first kappa shape index (κ1) is 14.5. The van der Waals surface area contributed by atoms with Crippen LogP contribution in [0.15, 0.2) is 18.2 Å². The third-order valence-corrected chi connectivity index (χ3v) is 2.49. The van der Waals surface area contributed by atoms with Gasteiger partial charge in [0.05, 0.1) is 22.0 Å². The first-order valence-electron chi connectivity index (χ1n) is 4.82. The minimum absolute atomic E-state index is 0.00220. The van der Waals surface area contributed by atoms with Crippen molar-refractivity contribution in [2.75, 3.05) is 5.32 Å². The summed E-state index contributed by atoms with van der Waals surface area (Å²) in [6, 6.07) is 4.48. The van der Waals surface area contributed by atoms with E-state index in [-0.39, 0.29) is 5.69 Å². The van der Waals surface area contributed by atoms with Gasteiger partial charge in [0.25, 0.3) is 0 Å². The molecule has 1 aromatic carbocycles.